The average Bonchev–Trinajstić information content (AvgIpc) is 2.82. The molecule has 14 nitrogen and oxygen atoms in total. The number of phenolic OH excluding ortho intramolecular Hbond substituents is 1. The number of carboxylic acids is 1. The summed E-state index contributed by atoms with van der Waals surface area (Å²) in [4.78, 5) is 53.8. The molecule has 0 radical (unpaired) electrons. The van der Waals surface area contributed by atoms with Crippen molar-refractivity contribution in [3.05, 3.63) is 29.8 Å². The zero-order valence-corrected chi connectivity index (χ0v) is 21.8. The number of carboxylic acid groups (broad SMARTS) is 1. The first-order valence-electron chi connectivity index (χ1n) is 12.1. The number of aromatic hydroxyl groups is 1. The fourth-order valence-electron chi connectivity index (χ4n) is 3.44. The minimum absolute atomic E-state index is 0.00191. The van der Waals surface area contributed by atoms with Crippen LogP contribution >= 0.6 is 0 Å². The molecule has 0 spiro atoms. The monoisotopic (exact) mass is 537 g/mol. The molecule has 0 saturated carbocycles. The van der Waals surface area contributed by atoms with Crippen LogP contribution in [0.25, 0.3) is 0 Å². The Morgan fingerprint density at radius 2 is 1.47 bits per heavy atom. The predicted octanol–water partition coefficient (Wildman–Crippen LogP) is -2.11. The first-order chi connectivity index (χ1) is 17.7. The van der Waals surface area contributed by atoms with E-state index >= 15 is 0 Å². The first-order valence-corrected chi connectivity index (χ1v) is 12.1. The van der Waals surface area contributed by atoms with Crippen LogP contribution in [-0.2, 0) is 25.6 Å². The Bertz CT molecular complexity index is 979. The second kappa shape index (κ2) is 15.4. The molecule has 0 fully saturated rings. The summed E-state index contributed by atoms with van der Waals surface area (Å²) in [5.41, 5.74) is 17.2. The molecule has 1 aromatic carbocycles. The number of phenols is 1. The molecule has 1 aromatic rings. The Kier molecular flexibility index (Phi) is 13.0. The van der Waals surface area contributed by atoms with Gasteiger partial charge >= 0.3 is 5.97 Å². The summed E-state index contributed by atoms with van der Waals surface area (Å²) in [7, 11) is 0. The molecular weight excluding hydrogens is 498 g/mol. The van der Waals surface area contributed by atoms with Gasteiger partial charge in [-0.15, -0.1) is 0 Å². The number of nitrogens with one attached hydrogen (secondary N) is 3. The zero-order valence-electron chi connectivity index (χ0n) is 21.8. The molecule has 0 bridgehead atoms. The van der Waals surface area contributed by atoms with Gasteiger partial charge in [0.15, 0.2) is 5.96 Å². The van der Waals surface area contributed by atoms with Gasteiger partial charge in [-0.25, -0.2) is 4.79 Å². The molecule has 0 saturated heterocycles. The SMILES string of the molecule is CC(C)C(NC(=O)C(N)Cc1ccc(O)cc1)C(=O)NC(C(=O)NC(CCCN=C(N)N)C(=O)O)C(C)O. The number of nitrogens with two attached hydrogens (primary N) is 3. The number of hydrogen-bond acceptors (Lipinski definition) is 8. The van der Waals surface area contributed by atoms with E-state index < -0.39 is 59.9 Å². The summed E-state index contributed by atoms with van der Waals surface area (Å²) >= 11 is 0. The lowest BCUT2D eigenvalue weighted by atomic mass is 10.0. The van der Waals surface area contributed by atoms with Gasteiger partial charge in [0.1, 0.15) is 23.9 Å². The van der Waals surface area contributed by atoms with E-state index in [1.165, 1.54) is 19.1 Å². The third-order valence-electron chi connectivity index (χ3n) is 5.60. The van der Waals surface area contributed by atoms with Gasteiger partial charge in [-0.1, -0.05) is 26.0 Å². The van der Waals surface area contributed by atoms with Gasteiger partial charge in [0.05, 0.1) is 12.1 Å². The maximum atomic E-state index is 13.0. The van der Waals surface area contributed by atoms with Gasteiger partial charge in [0.25, 0.3) is 0 Å². The van der Waals surface area contributed by atoms with Gasteiger partial charge in [-0.05, 0) is 49.8 Å². The predicted molar refractivity (Wildman–Crippen MR) is 140 cm³/mol. The fraction of sp³-hybridized carbons (Fsp3) is 0.542. The van der Waals surface area contributed by atoms with Gasteiger partial charge in [-0.3, -0.25) is 19.4 Å². The van der Waals surface area contributed by atoms with E-state index in [0.29, 0.717) is 5.56 Å². The van der Waals surface area contributed by atoms with Crippen LogP contribution in [0.3, 0.4) is 0 Å². The number of amides is 3. The third kappa shape index (κ3) is 11.0. The molecule has 0 aliphatic carbocycles. The summed E-state index contributed by atoms with van der Waals surface area (Å²) in [6, 6.07) is 1.25. The van der Waals surface area contributed by atoms with Crippen LogP contribution in [0.4, 0.5) is 0 Å². The Morgan fingerprint density at radius 1 is 0.921 bits per heavy atom. The number of benzene rings is 1. The molecule has 5 atom stereocenters. The first kappa shape index (κ1) is 32.1. The van der Waals surface area contributed by atoms with E-state index in [0.717, 1.165) is 0 Å². The highest BCUT2D eigenvalue weighted by Gasteiger charge is 2.33. The second-order valence-electron chi connectivity index (χ2n) is 9.28. The molecule has 0 aliphatic rings. The van der Waals surface area contributed by atoms with Crippen molar-refractivity contribution in [3.63, 3.8) is 0 Å². The molecule has 12 N–H and O–H groups in total. The minimum Gasteiger partial charge on any atom is -0.508 e. The van der Waals surface area contributed by atoms with Crippen molar-refractivity contribution in [2.45, 2.75) is 70.3 Å². The van der Waals surface area contributed by atoms with E-state index in [2.05, 4.69) is 20.9 Å². The van der Waals surface area contributed by atoms with Crippen LogP contribution in [0.15, 0.2) is 29.3 Å². The Hall–Kier alpha value is -3.91. The van der Waals surface area contributed by atoms with Crippen LogP contribution < -0.4 is 33.2 Å². The quantitative estimate of drug-likeness (QED) is 0.0668. The molecule has 3 amide bonds. The molecular formula is C24H39N7O7. The average molecular weight is 538 g/mol. The van der Waals surface area contributed by atoms with Gasteiger partial charge in [-0.2, -0.15) is 0 Å². The summed E-state index contributed by atoms with van der Waals surface area (Å²) in [6.07, 6.45) is -0.971. The highest BCUT2D eigenvalue weighted by molar-refractivity contribution is 5.94. The number of hydrogen-bond donors (Lipinski definition) is 9. The van der Waals surface area contributed by atoms with E-state index in [4.69, 9.17) is 17.2 Å². The lowest BCUT2D eigenvalue weighted by Crippen LogP contribution is -2.60. The molecule has 5 unspecified atom stereocenters. The fourth-order valence-corrected chi connectivity index (χ4v) is 3.44. The number of guanidine groups is 1. The molecule has 212 valence electrons. The van der Waals surface area contributed by atoms with Crippen molar-refractivity contribution >= 4 is 29.7 Å². The highest BCUT2D eigenvalue weighted by atomic mass is 16.4. The van der Waals surface area contributed by atoms with Crippen LogP contribution in [-0.4, -0.2) is 81.8 Å². The minimum atomic E-state index is -1.49. The number of aliphatic hydroxyl groups excluding tert-OH is 1. The van der Waals surface area contributed by atoms with Crippen molar-refractivity contribution in [2.75, 3.05) is 6.54 Å². The van der Waals surface area contributed by atoms with E-state index in [9.17, 15) is 34.5 Å². The van der Waals surface area contributed by atoms with Crippen LogP contribution in [0.5, 0.6) is 5.75 Å². The number of carbonyl (C=O) groups is 4. The molecule has 0 aromatic heterocycles. The van der Waals surface area contributed by atoms with Crippen molar-refractivity contribution in [3.8, 4) is 5.75 Å². The normalized spacial score (nSPS) is 14.9. The lowest BCUT2D eigenvalue weighted by molar-refractivity contribution is -0.143. The van der Waals surface area contributed by atoms with Crippen LogP contribution in [0.1, 0.15) is 39.2 Å². The maximum absolute atomic E-state index is 13.0. The van der Waals surface area contributed by atoms with E-state index in [-0.39, 0.29) is 37.5 Å². The van der Waals surface area contributed by atoms with Gasteiger partial charge in [0.2, 0.25) is 17.7 Å². The molecule has 14 heteroatoms. The molecule has 1 rings (SSSR count). The number of rotatable bonds is 15. The summed E-state index contributed by atoms with van der Waals surface area (Å²) in [6.45, 7) is 4.76. The molecule has 0 aliphatic heterocycles. The number of aliphatic carboxylic acids is 1. The molecule has 0 heterocycles. The number of carbonyl (C=O) groups excluding carboxylic acids is 3. The van der Waals surface area contributed by atoms with Gasteiger partial charge in [0, 0.05) is 6.54 Å². The van der Waals surface area contributed by atoms with E-state index in [1.807, 2.05) is 0 Å². The summed E-state index contributed by atoms with van der Waals surface area (Å²) < 4.78 is 0. The maximum Gasteiger partial charge on any atom is 0.326 e. The third-order valence-corrected chi connectivity index (χ3v) is 5.60. The Labute approximate surface area is 221 Å². The number of aliphatic imine (C=N–C) groups is 1. The second-order valence-corrected chi connectivity index (χ2v) is 9.28. The Balaban J connectivity index is 2.85. The topological polar surface area (TPSA) is 255 Å². The van der Waals surface area contributed by atoms with Gasteiger partial charge < -0.3 is 48.5 Å². The lowest BCUT2D eigenvalue weighted by Gasteiger charge is -2.28. The standard InChI is InChI=1S/C24H39N7O7/c1-12(2)18(30-20(34)16(25)11-14-6-8-15(33)9-7-14)21(35)31-19(13(3)32)22(36)29-17(23(37)38)5-4-10-28-24(26)27/h6-9,12-13,16-19,32-33H,4-5,10-11,25H2,1-3H3,(H,29,36)(H,30,34)(H,31,35)(H,37,38)(H4,26,27,28). The summed E-state index contributed by atoms with van der Waals surface area (Å²) in [5, 5.41) is 36.2. The van der Waals surface area contributed by atoms with Crippen molar-refractivity contribution < 1.29 is 34.5 Å². The Morgan fingerprint density at radius 3 is 1.97 bits per heavy atom. The largest absolute Gasteiger partial charge is 0.508 e. The smallest absolute Gasteiger partial charge is 0.326 e. The highest BCUT2D eigenvalue weighted by Crippen LogP contribution is 2.12. The summed E-state index contributed by atoms with van der Waals surface area (Å²) in [5.74, 6) is -4.09. The number of nitrogens with zero attached hydrogens (tertiary/aromatic N) is 1. The zero-order chi connectivity index (χ0) is 29.0. The number of aliphatic hydroxyl groups is 1. The molecule has 38 heavy (non-hydrogen) atoms. The van der Waals surface area contributed by atoms with Crippen molar-refractivity contribution in [1.29, 1.82) is 0 Å². The van der Waals surface area contributed by atoms with Crippen LogP contribution in [0.2, 0.25) is 0 Å². The van der Waals surface area contributed by atoms with Crippen molar-refractivity contribution in [1.82, 2.24) is 16.0 Å². The van der Waals surface area contributed by atoms with E-state index in [1.54, 1.807) is 26.0 Å². The van der Waals surface area contributed by atoms with Crippen LogP contribution in [0, 0.1) is 5.92 Å². The van der Waals surface area contributed by atoms with Crippen molar-refractivity contribution in [2.24, 2.45) is 28.1 Å².